The molecule has 1 aromatic heterocycles. The van der Waals surface area contributed by atoms with Crippen LogP contribution in [0.5, 0.6) is 0 Å². The molecule has 5 nitrogen and oxygen atoms in total. The summed E-state index contributed by atoms with van der Waals surface area (Å²) in [5, 5.41) is 6.38. The highest BCUT2D eigenvalue weighted by Crippen LogP contribution is 2.19. The van der Waals surface area contributed by atoms with Gasteiger partial charge in [-0.25, -0.2) is 4.98 Å². The number of benzene rings is 1. The Hall–Kier alpha value is -1.88. The van der Waals surface area contributed by atoms with E-state index in [1.165, 1.54) is 6.42 Å². The van der Waals surface area contributed by atoms with Gasteiger partial charge in [-0.1, -0.05) is 12.1 Å². The minimum Gasteiger partial charge on any atom is -0.441 e. The number of nitrogens with one attached hydrogen (secondary N) is 2. The van der Waals surface area contributed by atoms with E-state index in [0.717, 1.165) is 42.6 Å². The van der Waals surface area contributed by atoms with Crippen molar-refractivity contribution in [2.75, 3.05) is 19.6 Å². The molecule has 1 aliphatic heterocycles. The third-order valence-electron chi connectivity index (χ3n) is 4.50. The van der Waals surface area contributed by atoms with Gasteiger partial charge in [-0.05, 0) is 56.8 Å². The average molecular weight is 315 g/mol. The number of oxazole rings is 1. The summed E-state index contributed by atoms with van der Waals surface area (Å²) in [6.45, 7) is 4.71. The maximum atomic E-state index is 12.1. The summed E-state index contributed by atoms with van der Waals surface area (Å²) in [5.74, 6) is 1.34. The van der Waals surface area contributed by atoms with E-state index in [1.54, 1.807) is 0 Å². The molecule has 1 atom stereocenters. The molecule has 1 aromatic carbocycles. The fourth-order valence-electron chi connectivity index (χ4n) is 3.18. The predicted octanol–water partition coefficient (Wildman–Crippen LogP) is 2.57. The van der Waals surface area contributed by atoms with Crippen LogP contribution >= 0.6 is 0 Å². The predicted molar refractivity (Wildman–Crippen MR) is 90.3 cm³/mol. The van der Waals surface area contributed by atoms with Crippen LogP contribution in [0.2, 0.25) is 0 Å². The van der Waals surface area contributed by atoms with Crippen LogP contribution in [-0.4, -0.2) is 30.5 Å². The van der Waals surface area contributed by atoms with Gasteiger partial charge in [0.2, 0.25) is 5.91 Å². The Morgan fingerprint density at radius 1 is 1.39 bits per heavy atom. The maximum Gasteiger partial charge on any atom is 0.220 e. The van der Waals surface area contributed by atoms with Crippen molar-refractivity contribution in [3.63, 3.8) is 0 Å². The summed E-state index contributed by atoms with van der Waals surface area (Å²) in [5.41, 5.74) is 2.85. The molecule has 124 valence electrons. The standard InChI is InChI=1S/C18H25N3O2/c1-13-4-2-6-15-18(13)21-17(23-15)8-11-20-16(22)12-14-5-3-9-19-10-7-14/h2,4,6,14,19H,3,5,7-12H2,1H3,(H,20,22). The van der Waals surface area contributed by atoms with Gasteiger partial charge in [-0.15, -0.1) is 0 Å². The Morgan fingerprint density at radius 3 is 3.17 bits per heavy atom. The van der Waals surface area contributed by atoms with Crippen molar-refractivity contribution in [3.05, 3.63) is 29.7 Å². The van der Waals surface area contributed by atoms with Crippen LogP contribution in [-0.2, 0) is 11.2 Å². The van der Waals surface area contributed by atoms with Crippen molar-refractivity contribution in [2.45, 2.75) is 39.0 Å². The number of para-hydroxylation sites is 1. The Bertz CT molecular complexity index is 657. The highest BCUT2D eigenvalue weighted by atomic mass is 16.3. The SMILES string of the molecule is Cc1cccc2oc(CCNC(=O)CC3CCCNCC3)nc12. The zero-order valence-corrected chi connectivity index (χ0v) is 13.7. The first-order valence-corrected chi connectivity index (χ1v) is 8.55. The van der Waals surface area contributed by atoms with Crippen LogP contribution in [0.25, 0.3) is 11.1 Å². The largest absolute Gasteiger partial charge is 0.441 e. The van der Waals surface area contributed by atoms with Gasteiger partial charge in [-0.2, -0.15) is 0 Å². The fraction of sp³-hybridized carbons (Fsp3) is 0.556. The molecule has 1 unspecified atom stereocenters. The highest BCUT2D eigenvalue weighted by Gasteiger charge is 2.16. The minimum atomic E-state index is 0.143. The lowest BCUT2D eigenvalue weighted by Crippen LogP contribution is -2.28. The number of hydrogen-bond acceptors (Lipinski definition) is 4. The second-order valence-corrected chi connectivity index (χ2v) is 6.38. The van der Waals surface area contributed by atoms with Crippen LogP contribution in [0.4, 0.5) is 0 Å². The van der Waals surface area contributed by atoms with E-state index in [2.05, 4.69) is 15.6 Å². The minimum absolute atomic E-state index is 0.143. The van der Waals surface area contributed by atoms with Gasteiger partial charge in [0.1, 0.15) is 5.52 Å². The second-order valence-electron chi connectivity index (χ2n) is 6.38. The number of hydrogen-bond donors (Lipinski definition) is 2. The van der Waals surface area contributed by atoms with Crippen LogP contribution in [0, 0.1) is 12.8 Å². The third kappa shape index (κ3) is 4.32. The summed E-state index contributed by atoms with van der Waals surface area (Å²) in [7, 11) is 0. The Kier molecular flexibility index (Phi) is 5.28. The first-order valence-electron chi connectivity index (χ1n) is 8.55. The highest BCUT2D eigenvalue weighted by molar-refractivity contribution is 5.77. The topological polar surface area (TPSA) is 67.2 Å². The molecule has 1 fully saturated rings. The molecule has 1 aliphatic rings. The normalized spacial score (nSPS) is 18.7. The molecule has 23 heavy (non-hydrogen) atoms. The lowest BCUT2D eigenvalue weighted by atomic mass is 9.96. The number of nitrogens with zero attached hydrogens (tertiary/aromatic N) is 1. The van der Waals surface area contributed by atoms with Crippen molar-refractivity contribution in [1.82, 2.24) is 15.6 Å². The van der Waals surface area contributed by atoms with Gasteiger partial charge < -0.3 is 15.1 Å². The number of fused-ring (bicyclic) bond motifs is 1. The molecule has 0 spiro atoms. The zero-order chi connectivity index (χ0) is 16.1. The van der Waals surface area contributed by atoms with Crippen molar-refractivity contribution in [1.29, 1.82) is 0 Å². The average Bonchev–Trinajstić information content (AvgIpc) is 2.78. The molecule has 2 heterocycles. The number of aryl methyl sites for hydroxylation is 1. The van der Waals surface area contributed by atoms with E-state index in [4.69, 9.17) is 4.42 Å². The molecule has 0 aliphatic carbocycles. The smallest absolute Gasteiger partial charge is 0.220 e. The summed E-state index contributed by atoms with van der Waals surface area (Å²) in [6.07, 6.45) is 4.67. The molecule has 3 rings (SSSR count). The van der Waals surface area contributed by atoms with E-state index in [0.29, 0.717) is 31.2 Å². The van der Waals surface area contributed by atoms with E-state index in [9.17, 15) is 4.79 Å². The van der Waals surface area contributed by atoms with E-state index < -0.39 is 0 Å². The molecule has 1 amide bonds. The van der Waals surface area contributed by atoms with E-state index in [1.807, 2.05) is 25.1 Å². The Morgan fingerprint density at radius 2 is 2.30 bits per heavy atom. The molecule has 0 radical (unpaired) electrons. The summed E-state index contributed by atoms with van der Waals surface area (Å²) in [6, 6.07) is 5.92. The van der Waals surface area contributed by atoms with Crippen molar-refractivity contribution < 1.29 is 9.21 Å². The maximum absolute atomic E-state index is 12.1. The molecule has 2 aromatic rings. The number of carbonyl (C=O) groups excluding carboxylic acids is 1. The quantitative estimate of drug-likeness (QED) is 0.890. The van der Waals surface area contributed by atoms with Crippen LogP contribution in [0.1, 0.15) is 37.1 Å². The lowest BCUT2D eigenvalue weighted by Gasteiger charge is -2.12. The number of aromatic nitrogens is 1. The number of amides is 1. The molecule has 5 heteroatoms. The second kappa shape index (κ2) is 7.59. The van der Waals surface area contributed by atoms with E-state index >= 15 is 0 Å². The fourth-order valence-corrected chi connectivity index (χ4v) is 3.18. The molecule has 2 N–H and O–H groups in total. The number of carbonyl (C=O) groups is 1. The van der Waals surface area contributed by atoms with Gasteiger partial charge in [0.05, 0.1) is 0 Å². The Balaban J connectivity index is 1.46. The van der Waals surface area contributed by atoms with Gasteiger partial charge in [0.15, 0.2) is 11.5 Å². The molecular formula is C18H25N3O2. The van der Waals surface area contributed by atoms with E-state index in [-0.39, 0.29) is 5.91 Å². The van der Waals surface area contributed by atoms with Crippen LogP contribution in [0.3, 0.4) is 0 Å². The van der Waals surface area contributed by atoms with Crippen LogP contribution in [0.15, 0.2) is 22.6 Å². The summed E-state index contributed by atoms with van der Waals surface area (Å²) < 4.78 is 5.73. The van der Waals surface area contributed by atoms with Crippen LogP contribution < -0.4 is 10.6 Å². The lowest BCUT2D eigenvalue weighted by molar-refractivity contribution is -0.122. The zero-order valence-electron chi connectivity index (χ0n) is 13.7. The summed E-state index contributed by atoms with van der Waals surface area (Å²) >= 11 is 0. The summed E-state index contributed by atoms with van der Waals surface area (Å²) in [4.78, 5) is 16.6. The molecule has 0 bridgehead atoms. The van der Waals surface area contributed by atoms with Gasteiger partial charge >= 0.3 is 0 Å². The first-order chi connectivity index (χ1) is 11.2. The molecular weight excluding hydrogens is 290 g/mol. The number of rotatable bonds is 5. The van der Waals surface area contributed by atoms with Crippen molar-refractivity contribution in [3.8, 4) is 0 Å². The Labute approximate surface area is 136 Å². The van der Waals surface area contributed by atoms with Gasteiger partial charge in [0.25, 0.3) is 0 Å². The monoisotopic (exact) mass is 315 g/mol. The molecule has 0 saturated carbocycles. The van der Waals surface area contributed by atoms with Gasteiger partial charge in [-0.3, -0.25) is 4.79 Å². The van der Waals surface area contributed by atoms with Crippen molar-refractivity contribution >= 4 is 17.0 Å². The molecule has 1 saturated heterocycles. The first kappa shape index (κ1) is 16.0. The third-order valence-corrected chi connectivity index (χ3v) is 4.50. The van der Waals surface area contributed by atoms with Crippen molar-refractivity contribution in [2.24, 2.45) is 5.92 Å². The van der Waals surface area contributed by atoms with Gasteiger partial charge in [0, 0.05) is 19.4 Å².